The van der Waals surface area contributed by atoms with Crippen molar-refractivity contribution in [3.63, 3.8) is 0 Å². The van der Waals surface area contributed by atoms with Gasteiger partial charge in [0.05, 0.1) is 10.6 Å². The molecule has 0 fully saturated rings. The molecule has 1 unspecified atom stereocenters. The van der Waals surface area contributed by atoms with Gasteiger partial charge in [-0.2, -0.15) is 0 Å². The second kappa shape index (κ2) is 5.60. The summed E-state index contributed by atoms with van der Waals surface area (Å²) in [5, 5.41) is 13.0. The predicted octanol–water partition coefficient (Wildman–Crippen LogP) is 3.03. The van der Waals surface area contributed by atoms with Crippen LogP contribution < -0.4 is 5.32 Å². The number of nitrogens with one attached hydrogen (secondary N) is 1. The average Bonchev–Trinajstić information content (AvgIpc) is 2.42. The van der Waals surface area contributed by atoms with E-state index in [1.54, 1.807) is 0 Å². The molecular weight excluding hydrogens is 251 g/mol. The van der Waals surface area contributed by atoms with Crippen LogP contribution in [0.15, 0.2) is 30.4 Å². The van der Waals surface area contributed by atoms with Crippen LogP contribution in [0.25, 0.3) is 0 Å². The third-order valence-corrected chi connectivity index (χ3v) is 3.06. The molecule has 1 aromatic carbocycles. The molecule has 1 aromatic rings. The van der Waals surface area contributed by atoms with Gasteiger partial charge < -0.3 is 5.32 Å². The van der Waals surface area contributed by atoms with Crippen LogP contribution in [0.1, 0.15) is 19.3 Å². The van der Waals surface area contributed by atoms with Crippen molar-refractivity contribution in [1.82, 2.24) is 0 Å². The van der Waals surface area contributed by atoms with Gasteiger partial charge in [0.2, 0.25) is 5.91 Å². The zero-order chi connectivity index (χ0) is 13.8. The minimum Gasteiger partial charge on any atom is -0.323 e. The predicted molar refractivity (Wildman–Crippen MR) is 68.2 cm³/mol. The third kappa shape index (κ3) is 3.15. The summed E-state index contributed by atoms with van der Waals surface area (Å²) in [4.78, 5) is 21.9. The van der Waals surface area contributed by atoms with Gasteiger partial charge in [0.25, 0.3) is 5.69 Å². The number of hydrogen-bond acceptors (Lipinski definition) is 3. The van der Waals surface area contributed by atoms with Gasteiger partial charge in [-0.1, -0.05) is 12.2 Å². The van der Waals surface area contributed by atoms with Crippen LogP contribution in [-0.2, 0) is 4.79 Å². The molecule has 0 radical (unpaired) electrons. The van der Waals surface area contributed by atoms with Crippen molar-refractivity contribution in [2.45, 2.75) is 19.3 Å². The topological polar surface area (TPSA) is 72.2 Å². The number of anilines is 1. The average molecular weight is 264 g/mol. The van der Waals surface area contributed by atoms with Crippen molar-refractivity contribution < 1.29 is 14.1 Å². The summed E-state index contributed by atoms with van der Waals surface area (Å²) in [6, 6.07) is 3.08. The van der Waals surface area contributed by atoms with Crippen LogP contribution in [0.2, 0.25) is 0 Å². The number of benzene rings is 1. The Kier molecular flexibility index (Phi) is 3.89. The number of nitro benzene ring substituents is 1. The lowest BCUT2D eigenvalue weighted by molar-refractivity contribution is -0.384. The number of carbonyl (C=O) groups excluding carboxylic acids is 1. The second-order valence-electron chi connectivity index (χ2n) is 4.39. The van der Waals surface area contributed by atoms with E-state index in [2.05, 4.69) is 5.32 Å². The molecular formula is C13H13FN2O3. The third-order valence-electron chi connectivity index (χ3n) is 3.06. The summed E-state index contributed by atoms with van der Waals surface area (Å²) >= 11 is 0. The molecule has 0 spiro atoms. The highest BCUT2D eigenvalue weighted by molar-refractivity contribution is 5.93. The van der Waals surface area contributed by atoms with Gasteiger partial charge in [0.1, 0.15) is 5.82 Å². The van der Waals surface area contributed by atoms with E-state index in [0.717, 1.165) is 24.6 Å². The molecule has 0 bridgehead atoms. The van der Waals surface area contributed by atoms with Crippen molar-refractivity contribution in [2.24, 2.45) is 5.92 Å². The minimum atomic E-state index is -0.676. The van der Waals surface area contributed by atoms with E-state index in [-0.39, 0.29) is 23.2 Å². The maximum atomic E-state index is 13.5. The van der Waals surface area contributed by atoms with Gasteiger partial charge in [-0.25, -0.2) is 4.39 Å². The van der Waals surface area contributed by atoms with Gasteiger partial charge in [-0.3, -0.25) is 14.9 Å². The standard InChI is InChI=1S/C13H13FN2O3/c14-11-7-6-10(16(18)19)8-12(11)15-13(17)9-4-2-1-3-5-9/h1-2,6-9H,3-5H2,(H,15,17). The number of non-ortho nitro benzene ring substituents is 1. The van der Waals surface area contributed by atoms with Gasteiger partial charge >= 0.3 is 0 Å². The summed E-state index contributed by atoms with van der Waals surface area (Å²) in [5.74, 6) is -1.18. The van der Waals surface area contributed by atoms with E-state index in [1.807, 2.05) is 12.2 Å². The zero-order valence-electron chi connectivity index (χ0n) is 10.1. The van der Waals surface area contributed by atoms with Crippen LogP contribution >= 0.6 is 0 Å². The second-order valence-corrected chi connectivity index (χ2v) is 4.39. The molecule has 5 nitrogen and oxygen atoms in total. The van der Waals surface area contributed by atoms with Crippen molar-refractivity contribution in [3.05, 3.63) is 46.3 Å². The molecule has 1 aliphatic carbocycles. The van der Waals surface area contributed by atoms with E-state index in [9.17, 15) is 19.3 Å². The summed E-state index contributed by atoms with van der Waals surface area (Å²) < 4.78 is 13.5. The van der Waals surface area contributed by atoms with Gasteiger partial charge in [-0.15, -0.1) is 0 Å². The molecule has 0 aromatic heterocycles. The first-order valence-electron chi connectivity index (χ1n) is 5.97. The van der Waals surface area contributed by atoms with Gasteiger partial charge in [0, 0.05) is 18.1 Å². The number of hydrogen-bond donors (Lipinski definition) is 1. The SMILES string of the molecule is O=C(Nc1cc([N+](=O)[O-])ccc1F)C1CC=CCC1. The number of halogens is 1. The Balaban J connectivity index is 2.13. The number of carbonyl (C=O) groups is 1. The molecule has 0 saturated carbocycles. The maximum absolute atomic E-state index is 13.5. The molecule has 100 valence electrons. The van der Waals surface area contributed by atoms with Crippen LogP contribution in [0.3, 0.4) is 0 Å². The van der Waals surface area contributed by atoms with Crippen molar-refractivity contribution in [3.8, 4) is 0 Å². The number of allylic oxidation sites excluding steroid dienone is 2. The normalized spacial score (nSPS) is 18.1. The quantitative estimate of drug-likeness (QED) is 0.518. The van der Waals surface area contributed by atoms with Crippen molar-refractivity contribution in [2.75, 3.05) is 5.32 Å². The monoisotopic (exact) mass is 264 g/mol. The van der Waals surface area contributed by atoms with E-state index in [0.29, 0.717) is 12.8 Å². The Bertz CT molecular complexity index is 543. The Morgan fingerprint density at radius 1 is 1.42 bits per heavy atom. The van der Waals surface area contributed by atoms with E-state index < -0.39 is 10.7 Å². The summed E-state index contributed by atoms with van der Waals surface area (Å²) in [7, 11) is 0. The van der Waals surface area contributed by atoms with Crippen molar-refractivity contribution in [1.29, 1.82) is 0 Å². The molecule has 0 saturated heterocycles. The molecule has 0 aliphatic heterocycles. The lowest BCUT2D eigenvalue weighted by atomic mass is 9.93. The Hall–Kier alpha value is -2.24. The number of amides is 1. The van der Waals surface area contributed by atoms with E-state index >= 15 is 0 Å². The minimum absolute atomic E-state index is 0.145. The van der Waals surface area contributed by atoms with Gasteiger partial charge in [0.15, 0.2) is 0 Å². The maximum Gasteiger partial charge on any atom is 0.271 e. The Morgan fingerprint density at radius 3 is 2.84 bits per heavy atom. The highest BCUT2D eigenvalue weighted by Gasteiger charge is 2.20. The summed E-state index contributed by atoms with van der Waals surface area (Å²) in [5.41, 5.74) is -0.394. The van der Waals surface area contributed by atoms with Gasteiger partial charge in [-0.05, 0) is 25.3 Å². The molecule has 2 rings (SSSR count). The molecule has 1 atom stereocenters. The summed E-state index contributed by atoms with van der Waals surface area (Å²) in [6.07, 6.45) is 6.05. The fraction of sp³-hybridized carbons (Fsp3) is 0.308. The number of rotatable bonds is 3. The fourth-order valence-corrected chi connectivity index (χ4v) is 1.99. The van der Waals surface area contributed by atoms with Crippen LogP contribution in [-0.4, -0.2) is 10.8 Å². The molecule has 1 aliphatic rings. The zero-order valence-corrected chi connectivity index (χ0v) is 10.1. The Labute approximate surface area is 109 Å². The largest absolute Gasteiger partial charge is 0.323 e. The smallest absolute Gasteiger partial charge is 0.271 e. The van der Waals surface area contributed by atoms with E-state index in [4.69, 9.17) is 0 Å². The lowest BCUT2D eigenvalue weighted by Crippen LogP contribution is -2.24. The first kappa shape index (κ1) is 13.2. The van der Waals surface area contributed by atoms with Crippen LogP contribution in [0.5, 0.6) is 0 Å². The molecule has 6 heteroatoms. The number of nitrogens with zero attached hydrogens (tertiary/aromatic N) is 1. The molecule has 0 heterocycles. The number of nitro groups is 1. The van der Waals surface area contributed by atoms with Crippen LogP contribution in [0.4, 0.5) is 15.8 Å². The molecule has 1 N–H and O–H groups in total. The first-order valence-corrected chi connectivity index (χ1v) is 5.97. The first-order chi connectivity index (χ1) is 9.08. The Morgan fingerprint density at radius 2 is 2.21 bits per heavy atom. The fourth-order valence-electron chi connectivity index (χ4n) is 1.99. The van der Waals surface area contributed by atoms with E-state index in [1.165, 1.54) is 0 Å². The van der Waals surface area contributed by atoms with Crippen molar-refractivity contribution >= 4 is 17.3 Å². The highest BCUT2D eigenvalue weighted by atomic mass is 19.1. The molecule has 19 heavy (non-hydrogen) atoms. The molecule has 1 amide bonds. The summed E-state index contributed by atoms with van der Waals surface area (Å²) in [6.45, 7) is 0. The highest BCUT2D eigenvalue weighted by Crippen LogP contribution is 2.24. The van der Waals surface area contributed by atoms with Crippen LogP contribution in [0, 0.1) is 21.8 Å². The lowest BCUT2D eigenvalue weighted by Gasteiger charge is -2.17.